The molecule has 0 bridgehead atoms. The van der Waals surface area contributed by atoms with Crippen LogP contribution in [0.1, 0.15) is 6.92 Å². The van der Waals surface area contributed by atoms with Crippen molar-refractivity contribution in [1.29, 1.82) is 0 Å². The Labute approximate surface area is 101 Å². The average Bonchev–Trinajstić information content (AvgIpc) is 2.24. The first kappa shape index (κ1) is 14.1. The fraction of sp³-hybridized carbons (Fsp3) is 0.400. The summed E-state index contributed by atoms with van der Waals surface area (Å²) in [5.41, 5.74) is 5.38. The van der Waals surface area contributed by atoms with Gasteiger partial charge in [0, 0.05) is 18.7 Å². The van der Waals surface area contributed by atoms with Crippen LogP contribution in [0.5, 0.6) is 0 Å². The van der Waals surface area contributed by atoms with Crippen LogP contribution in [0.3, 0.4) is 0 Å². The molecular formula is C10H12F3N3O2. The molecule has 0 aliphatic rings. The summed E-state index contributed by atoms with van der Waals surface area (Å²) in [5, 5.41) is 10.5. The number of nitro groups is 1. The van der Waals surface area contributed by atoms with E-state index in [2.05, 4.69) is 0 Å². The molecule has 0 fully saturated rings. The summed E-state index contributed by atoms with van der Waals surface area (Å²) in [7, 11) is 0. The van der Waals surface area contributed by atoms with E-state index in [-0.39, 0.29) is 23.6 Å². The van der Waals surface area contributed by atoms with Gasteiger partial charge in [-0.15, -0.1) is 0 Å². The molecule has 0 unspecified atom stereocenters. The number of hydrogen-bond donors (Lipinski definition) is 1. The minimum absolute atomic E-state index is 0.0460. The Morgan fingerprint density at radius 2 is 2.06 bits per heavy atom. The highest BCUT2D eigenvalue weighted by atomic mass is 19.4. The molecular weight excluding hydrogens is 251 g/mol. The SMILES string of the molecule is CCN(CC(F)(F)F)c1ccc([N+](=O)[O-])cc1N. The first-order valence-corrected chi connectivity index (χ1v) is 5.10. The monoisotopic (exact) mass is 263 g/mol. The second-order valence-corrected chi connectivity index (χ2v) is 3.63. The van der Waals surface area contributed by atoms with Gasteiger partial charge in [-0.3, -0.25) is 10.1 Å². The van der Waals surface area contributed by atoms with Gasteiger partial charge in [-0.25, -0.2) is 0 Å². The molecule has 0 saturated heterocycles. The van der Waals surface area contributed by atoms with E-state index in [0.717, 1.165) is 17.0 Å². The Bertz CT molecular complexity index is 448. The van der Waals surface area contributed by atoms with Crippen LogP contribution in [0.4, 0.5) is 30.2 Å². The molecule has 0 spiro atoms. The fourth-order valence-corrected chi connectivity index (χ4v) is 1.53. The maximum atomic E-state index is 12.3. The Kier molecular flexibility index (Phi) is 4.00. The standard InChI is InChI=1S/C10H12F3N3O2/c1-2-15(6-10(11,12)13)9-4-3-7(16(17)18)5-8(9)14/h3-5H,2,6,14H2,1H3. The molecule has 100 valence electrons. The lowest BCUT2D eigenvalue weighted by Crippen LogP contribution is -2.34. The van der Waals surface area contributed by atoms with Crippen LogP contribution in [-0.4, -0.2) is 24.2 Å². The van der Waals surface area contributed by atoms with Crippen LogP contribution in [-0.2, 0) is 0 Å². The van der Waals surface area contributed by atoms with Gasteiger partial charge >= 0.3 is 6.18 Å². The number of benzene rings is 1. The van der Waals surface area contributed by atoms with Gasteiger partial charge in [0.05, 0.1) is 16.3 Å². The number of non-ortho nitro benzene ring substituents is 1. The predicted octanol–water partition coefficient (Wildman–Crippen LogP) is 2.57. The van der Waals surface area contributed by atoms with Crippen LogP contribution in [0.25, 0.3) is 0 Å². The van der Waals surface area contributed by atoms with Crippen molar-refractivity contribution in [2.24, 2.45) is 0 Å². The molecule has 0 atom stereocenters. The molecule has 0 aromatic heterocycles. The predicted molar refractivity (Wildman–Crippen MR) is 61.5 cm³/mol. The first-order chi connectivity index (χ1) is 8.24. The summed E-state index contributed by atoms with van der Waals surface area (Å²) in [6.45, 7) is 0.500. The van der Waals surface area contributed by atoms with Crippen LogP contribution in [0.2, 0.25) is 0 Å². The van der Waals surface area contributed by atoms with Gasteiger partial charge in [0.15, 0.2) is 0 Å². The second kappa shape index (κ2) is 5.11. The third-order valence-corrected chi connectivity index (χ3v) is 2.31. The van der Waals surface area contributed by atoms with E-state index in [1.165, 1.54) is 6.07 Å². The maximum absolute atomic E-state index is 12.3. The second-order valence-electron chi connectivity index (χ2n) is 3.63. The quantitative estimate of drug-likeness (QED) is 0.514. The Hall–Kier alpha value is -1.99. The van der Waals surface area contributed by atoms with E-state index in [1.807, 2.05) is 0 Å². The average molecular weight is 263 g/mol. The van der Waals surface area contributed by atoms with Crippen molar-refractivity contribution < 1.29 is 18.1 Å². The molecule has 0 heterocycles. The van der Waals surface area contributed by atoms with E-state index >= 15 is 0 Å². The molecule has 0 aliphatic carbocycles. The van der Waals surface area contributed by atoms with Crippen molar-refractivity contribution in [2.75, 3.05) is 23.7 Å². The minimum Gasteiger partial charge on any atom is -0.397 e. The molecule has 0 radical (unpaired) electrons. The van der Waals surface area contributed by atoms with Gasteiger partial charge in [-0.2, -0.15) is 13.2 Å². The number of nitrogens with two attached hydrogens (primary N) is 1. The van der Waals surface area contributed by atoms with Crippen molar-refractivity contribution in [3.8, 4) is 0 Å². The zero-order valence-electron chi connectivity index (χ0n) is 9.57. The van der Waals surface area contributed by atoms with Crippen LogP contribution in [0.15, 0.2) is 18.2 Å². The van der Waals surface area contributed by atoms with E-state index in [9.17, 15) is 23.3 Å². The fourth-order valence-electron chi connectivity index (χ4n) is 1.53. The lowest BCUT2D eigenvalue weighted by Gasteiger charge is -2.25. The third kappa shape index (κ3) is 3.51. The lowest BCUT2D eigenvalue weighted by molar-refractivity contribution is -0.384. The van der Waals surface area contributed by atoms with E-state index < -0.39 is 17.6 Å². The molecule has 2 N–H and O–H groups in total. The van der Waals surface area contributed by atoms with Gasteiger partial charge in [0.25, 0.3) is 5.69 Å². The number of rotatable bonds is 4. The van der Waals surface area contributed by atoms with E-state index in [0.29, 0.717) is 0 Å². The molecule has 0 saturated carbocycles. The van der Waals surface area contributed by atoms with Gasteiger partial charge in [0.2, 0.25) is 0 Å². The summed E-state index contributed by atoms with van der Waals surface area (Å²) in [6, 6.07) is 3.40. The molecule has 1 rings (SSSR count). The number of nitrogen functional groups attached to an aromatic ring is 1. The van der Waals surface area contributed by atoms with Crippen molar-refractivity contribution >= 4 is 17.1 Å². The third-order valence-electron chi connectivity index (χ3n) is 2.31. The molecule has 5 nitrogen and oxygen atoms in total. The van der Waals surface area contributed by atoms with Gasteiger partial charge in [0.1, 0.15) is 6.54 Å². The van der Waals surface area contributed by atoms with Crippen LogP contribution < -0.4 is 10.6 Å². The Morgan fingerprint density at radius 3 is 2.44 bits per heavy atom. The molecule has 1 aromatic carbocycles. The highest BCUT2D eigenvalue weighted by molar-refractivity contribution is 5.70. The molecule has 0 amide bonds. The van der Waals surface area contributed by atoms with Crippen molar-refractivity contribution in [1.82, 2.24) is 0 Å². The summed E-state index contributed by atoms with van der Waals surface area (Å²) in [4.78, 5) is 10.8. The Balaban J connectivity index is 3.04. The summed E-state index contributed by atoms with van der Waals surface area (Å²) in [5.74, 6) is 0. The zero-order valence-corrected chi connectivity index (χ0v) is 9.57. The number of hydrogen-bond acceptors (Lipinski definition) is 4. The molecule has 0 aliphatic heterocycles. The summed E-state index contributed by atoms with van der Waals surface area (Å²) in [6.07, 6.45) is -4.36. The van der Waals surface area contributed by atoms with Crippen LogP contribution in [0, 0.1) is 10.1 Å². The zero-order chi connectivity index (χ0) is 13.9. The molecule has 8 heteroatoms. The minimum atomic E-state index is -4.36. The number of alkyl halides is 3. The van der Waals surface area contributed by atoms with Gasteiger partial charge < -0.3 is 10.6 Å². The smallest absolute Gasteiger partial charge is 0.397 e. The number of nitrogens with zero attached hydrogens (tertiary/aromatic N) is 2. The van der Waals surface area contributed by atoms with Gasteiger partial charge in [-0.05, 0) is 13.0 Å². The number of anilines is 2. The number of nitro benzene ring substituents is 1. The highest BCUT2D eigenvalue weighted by Gasteiger charge is 2.31. The number of halogens is 3. The topological polar surface area (TPSA) is 72.4 Å². The Morgan fingerprint density at radius 1 is 1.44 bits per heavy atom. The first-order valence-electron chi connectivity index (χ1n) is 5.10. The summed E-state index contributed by atoms with van der Waals surface area (Å²) < 4.78 is 37.0. The van der Waals surface area contributed by atoms with Gasteiger partial charge in [-0.1, -0.05) is 0 Å². The van der Waals surface area contributed by atoms with Crippen LogP contribution >= 0.6 is 0 Å². The normalized spacial score (nSPS) is 11.3. The largest absolute Gasteiger partial charge is 0.405 e. The van der Waals surface area contributed by atoms with Crippen molar-refractivity contribution in [2.45, 2.75) is 13.1 Å². The van der Waals surface area contributed by atoms with Crippen molar-refractivity contribution in [3.05, 3.63) is 28.3 Å². The van der Waals surface area contributed by atoms with E-state index in [4.69, 9.17) is 5.73 Å². The highest BCUT2D eigenvalue weighted by Crippen LogP contribution is 2.29. The molecule has 18 heavy (non-hydrogen) atoms. The lowest BCUT2D eigenvalue weighted by atomic mass is 10.2. The molecule has 1 aromatic rings. The van der Waals surface area contributed by atoms with Crippen molar-refractivity contribution in [3.63, 3.8) is 0 Å². The maximum Gasteiger partial charge on any atom is 0.405 e. The van der Waals surface area contributed by atoms with E-state index in [1.54, 1.807) is 6.92 Å². The summed E-state index contributed by atoms with van der Waals surface area (Å²) >= 11 is 0.